The van der Waals surface area contributed by atoms with Crippen molar-refractivity contribution >= 4 is 46.5 Å². The third kappa shape index (κ3) is 3.84. The SMILES string of the molecule is O=C(O)CN=C1NC(=O)/C(=C\c2ccc(Cl)cc2)S1. The molecule has 1 aliphatic heterocycles. The predicted octanol–water partition coefficient (Wildman–Crippen LogP) is 1.98. The van der Waals surface area contributed by atoms with Crippen LogP contribution in [-0.2, 0) is 9.59 Å². The summed E-state index contributed by atoms with van der Waals surface area (Å²) >= 11 is 6.89. The minimum absolute atomic E-state index is 0.288. The fraction of sp³-hybridized carbons (Fsp3) is 0.0833. The fourth-order valence-corrected chi connectivity index (χ4v) is 2.30. The van der Waals surface area contributed by atoms with Crippen molar-refractivity contribution in [1.29, 1.82) is 0 Å². The quantitative estimate of drug-likeness (QED) is 0.836. The van der Waals surface area contributed by atoms with E-state index < -0.39 is 5.97 Å². The minimum atomic E-state index is -1.04. The molecular weight excluding hydrogens is 288 g/mol. The van der Waals surface area contributed by atoms with E-state index in [2.05, 4.69) is 10.3 Å². The van der Waals surface area contributed by atoms with Crippen LogP contribution in [0.1, 0.15) is 5.56 Å². The lowest BCUT2D eigenvalue weighted by Crippen LogP contribution is -2.20. The van der Waals surface area contributed by atoms with Crippen LogP contribution in [0.5, 0.6) is 0 Å². The topological polar surface area (TPSA) is 78.8 Å². The minimum Gasteiger partial charge on any atom is -0.480 e. The highest BCUT2D eigenvalue weighted by molar-refractivity contribution is 8.18. The Kier molecular flexibility index (Phi) is 4.24. The van der Waals surface area contributed by atoms with E-state index in [4.69, 9.17) is 16.7 Å². The lowest BCUT2D eigenvalue weighted by atomic mass is 10.2. The molecule has 0 saturated carbocycles. The zero-order valence-electron chi connectivity index (χ0n) is 9.59. The number of nitrogens with one attached hydrogen (secondary N) is 1. The first kappa shape index (κ1) is 13.6. The molecule has 0 aromatic heterocycles. The van der Waals surface area contributed by atoms with E-state index in [0.717, 1.165) is 17.3 Å². The van der Waals surface area contributed by atoms with Crippen LogP contribution in [0, 0.1) is 0 Å². The monoisotopic (exact) mass is 296 g/mol. The molecule has 2 N–H and O–H groups in total. The van der Waals surface area contributed by atoms with Crippen LogP contribution in [0.4, 0.5) is 0 Å². The van der Waals surface area contributed by atoms with Crippen LogP contribution in [0.2, 0.25) is 5.02 Å². The highest BCUT2D eigenvalue weighted by Crippen LogP contribution is 2.26. The number of hydrogen-bond donors (Lipinski definition) is 2. The van der Waals surface area contributed by atoms with Gasteiger partial charge in [0.15, 0.2) is 5.17 Å². The normalized spacial score (nSPS) is 18.9. The van der Waals surface area contributed by atoms with Gasteiger partial charge in [-0.25, -0.2) is 0 Å². The number of hydrogen-bond acceptors (Lipinski definition) is 4. The molecule has 1 aromatic rings. The Morgan fingerprint density at radius 2 is 2.11 bits per heavy atom. The number of nitrogens with zero attached hydrogens (tertiary/aromatic N) is 1. The molecule has 98 valence electrons. The van der Waals surface area contributed by atoms with Gasteiger partial charge in [0.1, 0.15) is 6.54 Å². The Balaban J connectivity index is 2.13. The van der Waals surface area contributed by atoms with Gasteiger partial charge in [-0.3, -0.25) is 14.6 Å². The number of amidine groups is 1. The van der Waals surface area contributed by atoms with Crippen LogP contribution in [0.15, 0.2) is 34.2 Å². The molecule has 0 atom stereocenters. The molecule has 7 heteroatoms. The van der Waals surface area contributed by atoms with Crippen LogP contribution >= 0.6 is 23.4 Å². The third-order valence-electron chi connectivity index (χ3n) is 2.18. The number of carbonyl (C=O) groups excluding carboxylic acids is 1. The van der Waals surface area contributed by atoms with Crippen LogP contribution < -0.4 is 5.32 Å². The number of benzene rings is 1. The van der Waals surface area contributed by atoms with Crippen molar-refractivity contribution in [3.05, 3.63) is 39.8 Å². The van der Waals surface area contributed by atoms with E-state index in [1.54, 1.807) is 30.3 Å². The largest absolute Gasteiger partial charge is 0.480 e. The van der Waals surface area contributed by atoms with Crippen molar-refractivity contribution in [3.63, 3.8) is 0 Å². The van der Waals surface area contributed by atoms with Crippen molar-refractivity contribution in [3.8, 4) is 0 Å². The second kappa shape index (κ2) is 5.90. The average molecular weight is 297 g/mol. The van der Waals surface area contributed by atoms with Crippen LogP contribution in [-0.4, -0.2) is 28.7 Å². The van der Waals surface area contributed by atoms with E-state index in [9.17, 15) is 9.59 Å². The third-order valence-corrected chi connectivity index (χ3v) is 3.38. The first-order chi connectivity index (χ1) is 9.04. The first-order valence-corrected chi connectivity index (χ1v) is 6.47. The number of thioether (sulfide) groups is 1. The van der Waals surface area contributed by atoms with Gasteiger partial charge < -0.3 is 10.4 Å². The van der Waals surface area contributed by atoms with Gasteiger partial charge in [0, 0.05) is 5.02 Å². The molecule has 1 saturated heterocycles. The van der Waals surface area contributed by atoms with Crippen molar-refractivity contribution in [2.45, 2.75) is 0 Å². The van der Waals surface area contributed by atoms with Gasteiger partial charge in [0.25, 0.3) is 5.91 Å². The molecule has 0 radical (unpaired) electrons. The first-order valence-electron chi connectivity index (χ1n) is 5.27. The molecule has 5 nitrogen and oxygen atoms in total. The maximum Gasteiger partial charge on any atom is 0.325 e. The molecule has 0 aliphatic carbocycles. The Labute approximate surface area is 118 Å². The zero-order chi connectivity index (χ0) is 13.8. The molecule has 0 bridgehead atoms. The smallest absolute Gasteiger partial charge is 0.325 e. The van der Waals surface area contributed by atoms with Gasteiger partial charge in [0.2, 0.25) is 0 Å². The molecule has 1 amide bonds. The van der Waals surface area contributed by atoms with Gasteiger partial charge in [-0.05, 0) is 35.5 Å². The second-order valence-electron chi connectivity index (χ2n) is 3.63. The summed E-state index contributed by atoms with van der Waals surface area (Å²) in [5.74, 6) is -1.33. The highest BCUT2D eigenvalue weighted by Gasteiger charge is 2.23. The van der Waals surface area contributed by atoms with Crippen molar-refractivity contribution in [2.75, 3.05) is 6.54 Å². The second-order valence-corrected chi connectivity index (χ2v) is 5.10. The number of carbonyl (C=O) groups is 2. The number of rotatable bonds is 3. The van der Waals surface area contributed by atoms with E-state index in [0.29, 0.717) is 15.1 Å². The summed E-state index contributed by atoms with van der Waals surface area (Å²) in [7, 11) is 0. The number of carboxylic acids is 1. The Hall–Kier alpha value is -1.79. The summed E-state index contributed by atoms with van der Waals surface area (Å²) in [5, 5.41) is 11.9. The van der Waals surface area contributed by atoms with Gasteiger partial charge >= 0.3 is 5.97 Å². The van der Waals surface area contributed by atoms with Crippen LogP contribution in [0.3, 0.4) is 0 Å². The molecule has 0 unspecified atom stereocenters. The maximum absolute atomic E-state index is 11.6. The molecule has 1 heterocycles. The molecular formula is C12H9ClN2O3S. The van der Waals surface area contributed by atoms with Gasteiger partial charge in [-0.15, -0.1) is 0 Å². The Morgan fingerprint density at radius 3 is 2.74 bits per heavy atom. The highest BCUT2D eigenvalue weighted by atomic mass is 35.5. The zero-order valence-corrected chi connectivity index (χ0v) is 11.2. The summed E-state index contributed by atoms with van der Waals surface area (Å²) in [6, 6.07) is 7.03. The fourth-order valence-electron chi connectivity index (χ4n) is 1.35. The van der Waals surface area contributed by atoms with E-state index in [-0.39, 0.29) is 12.5 Å². The van der Waals surface area contributed by atoms with Crippen molar-refractivity contribution in [2.24, 2.45) is 4.99 Å². The van der Waals surface area contributed by atoms with E-state index >= 15 is 0 Å². The van der Waals surface area contributed by atoms with Gasteiger partial charge in [0.05, 0.1) is 4.91 Å². The van der Waals surface area contributed by atoms with Crippen LogP contribution in [0.25, 0.3) is 6.08 Å². The number of aliphatic imine (C=N–C) groups is 1. The summed E-state index contributed by atoms with van der Waals surface area (Å²) in [6.45, 7) is -0.364. The van der Waals surface area contributed by atoms with E-state index in [1.165, 1.54) is 0 Å². The summed E-state index contributed by atoms with van der Waals surface area (Å²) in [5.41, 5.74) is 0.835. The number of halogens is 1. The molecule has 19 heavy (non-hydrogen) atoms. The maximum atomic E-state index is 11.6. The van der Waals surface area contributed by atoms with Gasteiger partial charge in [-0.1, -0.05) is 23.7 Å². The Morgan fingerprint density at radius 1 is 1.42 bits per heavy atom. The number of aliphatic carboxylic acids is 1. The van der Waals surface area contributed by atoms with Crippen molar-refractivity contribution < 1.29 is 14.7 Å². The predicted molar refractivity (Wildman–Crippen MR) is 75.1 cm³/mol. The lowest BCUT2D eigenvalue weighted by molar-refractivity contribution is -0.135. The molecule has 1 fully saturated rings. The Bertz CT molecular complexity index is 581. The molecule has 1 aliphatic rings. The molecule has 1 aromatic carbocycles. The summed E-state index contributed by atoms with van der Waals surface area (Å²) in [6.07, 6.45) is 1.69. The standard InChI is InChI=1S/C12H9ClN2O3S/c13-8-3-1-7(2-4-8)5-9-11(18)15-12(19-9)14-6-10(16)17/h1-5H,6H2,(H,16,17)(H,14,15,18)/b9-5+. The van der Waals surface area contributed by atoms with Crippen molar-refractivity contribution in [1.82, 2.24) is 5.32 Å². The van der Waals surface area contributed by atoms with E-state index in [1.807, 2.05) is 0 Å². The number of amides is 1. The average Bonchev–Trinajstić information content (AvgIpc) is 2.71. The lowest BCUT2D eigenvalue weighted by Gasteiger charge is -1.95. The summed E-state index contributed by atoms with van der Waals surface area (Å²) in [4.78, 5) is 26.3. The van der Waals surface area contributed by atoms with Gasteiger partial charge in [-0.2, -0.15) is 0 Å². The molecule has 2 rings (SSSR count). The summed E-state index contributed by atoms with van der Waals surface area (Å²) < 4.78 is 0. The molecule has 0 spiro atoms. The number of carboxylic acid groups (broad SMARTS) is 1.